The summed E-state index contributed by atoms with van der Waals surface area (Å²) < 4.78 is 2.97. The Hall–Kier alpha value is -3.22. The monoisotopic (exact) mass is 685 g/mol. The SMILES string of the molecule is C=CC(C)N(CCC1CCN(CC(=O)N[C@H](C(=O)N2C[C@H](O)C[C@H]2C(N)=O)C(C)(C)C)CC1)c1ccc(-n2ccnc2)c(Br)c1. The number of aliphatic hydroxyl groups excluding tert-OH is 1. The van der Waals surface area contributed by atoms with E-state index < -0.39 is 35.4 Å². The molecule has 1 unspecified atom stereocenters. The minimum absolute atomic E-state index is 0.0273. The van der Waals surface area contributed by atoms with E-state index in [-0.39, 0.29) is 31.5 Å². The second-order valence-corrected chi connectivity index (χ2v) is 14.3. The minimum Gasteiger partial charge on any atom is -0.391 e. The van der Waals surface area contributed by atoms with E-state index in [2.05, 4.69) is 67.7 Å². The molecule has 0 saturated carbocycles. The number of hydrogen-bond donors (Lipinski definition) is 3. The first-order valence-corrected chi connectivity index (χ1v) is 16.5. The molecule has 2 aliphatic heterocycles. The van der Waals surface area contributed by atoms with Gasteiger partial charge in [-0.05, 0) is 84.7 Å². The Bertz CT molecular complexity index is 1340. The molecule has 0 spiro atoms. The van der Waals surface area contributed by atoms with E-state index in [4.69, 9.17) is 5.73 Å². The van der Waals surface area contributed by atoms with Gasteiger partial charge in [0.15, 0.2) is 0 Å². The van der Waals surface area contributed by atoms with Gasteiger partial charge >= 0.3 is 0 Å². The number of rotatable bonds is 12. The van der Waals surface area contributed by atoms with E-state index in [1.165, 1.54) is 4.90 Å². The number of halogens is 1. The second kappa shape index (κ2) is 14.9. The van der Waals surface area contributed by atoms with E-state index in [1.807, 2.05) is 37.6 Å². The Labute approximate surface area is 275 Å². The van der Waals surface area contributed by atoms with E-state index in [1.54, 1.807) is 12.5 Å². The van der Waals surface area contributed by atoms with Crippen LogP contribution in [0.5, 0.6) is 0 Å². The Kier molecular flexibility index (Phi) is 11.5. The van der Waals surface area contributed by atoms with Gasteiger partial charge in [0.05, 0.1) is 24.7 Å². The highest BCUT2D eigenvalue weighted by molar-refractivity contribution is 9.10. The lowest BCUT2D eigenvalue weighted by Crippen LogP contribution is -2.58. The standard InChI is InChI=1S/C33H48BrN7O4/c1-6-22(2)40(24-7-8-27(26(34)17-24)39-16-12-36-21-39)15-11-23-9-13-38(14-10-23)20-29(43)37-30(33(3,4)5)32(45)41-19-25(42)18-28(41)31(35)44/h6-8,12,16-17,21-23,25,28,30,42H,1,9-11,13-15,18-20H2,2-5H3,(H2,35,44)(H,37,43)/t22?,25-,28+,30-/m1/s1. The average molecular weight is 687 g/mol. The maximum atomic E-state index is 13.5. The molecule has 2 fully saturated rings. The number of primary amides is 1. The topological polar surface area (TPSA) is 137 Å². The zero-order valence-electron chi connectivity index (χ0n) is 26.9. The summed E-state index contributed by atoms with van der Waals surface area (Å²) in [6.45, 7) is 14.5. The van der Waals surface area contributed by atoms with Crippen LogP contribution in [0.4, 0.5) is 5.69 Å². The van der Waals surface area contributed by atoms with Crippen LogP contribution in [0.2, 0.25) is 0 Å². The van der Waals surface area contributed by atoms with E-state index in [0.717, 1.165) is 54.7 Å². The number of likely N-dealkylation sites (tertiary alicyclic amines) is 2. The molecule has 11 nitrogen and oxygen atoms in total. The minimum atomic E-state index is -0.873. The van der Waals surface area contributed by atoms with Crippen molar-refractivity contribution < 1.29 is 19.5 Å². The van der Waals surface area contributed by atoms with Crippen molar-refractivity contribution in [2.24, 2.45) is 17.1 Å². The number of anilines is 1. The quantitative estimate of drug-likeness (QED) is 0.292. The molecule has 0 aliphatic carbocycles. The number of aliphatic hydroxyl groups is 1. The van der Waals surface area contributed by atoms with Gasteiger partial charge in [-0.2, -0.15) is 0 Å². The summed E-state index contributed by atoms with van der Waals surface area (Å²) in [4.78, 5) is 48.5. The lowest BCUT2D eigenvalue weighted by atomic mass is 9.85. The van der Waals surface area contributed by atoms with Gasteiger partial charge in [-0.25, -0.2) is 4.98 Å². The third-order valence-electron chi connectivity index (χ3n) is 9.04. The highest BCUT2D eigenvalue weighted by atomic mass is 79.9. The molecule has 246 valence electrons. The number of nitrogens with two attached hydrogens (primary N) is 1. The number of nitrogens with one attached hydrogen (secondary N) is 1. The highest BCUT2D eigenvalue weighted by Crippen LogP contribution is 2.30. The summed E-state index contributed by atoms with van der Waals surface area (Å²) in [6.07, 6.45) is 9.73. The molecule has 3 amide bonds. The zero-order chi connectivity index (χ0) is 32.9. The van der Waals surface area contributed by atoms with Gasteiger partial charge in [-0.3, -0.25) is 19.3 Å². The molecule has 1 aromatic carbocycles. The van der Waals surface area contributed by atoms with Crippen molar-refractivity contribution in [1.82, 2.24) is 24.7 Å². The van der Waals surface area contributed by atoms with Crippen LogP contribution in [0.15, 0.2) is 54.0 Å². The lowest BCUT2D eigenvalue weighted by Gasteiger charge is -2.37. The van der Waals surface area contributed by atoms with Gasteiger partial charge in [0.25, 0.3) is 0 Å². The number of aromatic nitrogens is 2. The number of benzene rings is 1. The van der Waals surface area contributed by atoms with Crippen molar-refractivity contribution in [2.75, 3.05) is 37.6 Å². The van der Waals surface area contributed by atoms with Gasteiger partial charge in [0.2, 0.25) is 17.7 Å². The molecule has 4 rings (SSSR count). The Balaban J connectivity index is 1.30. The summed E-state index contributed by atoms with van der Waals surface area (Å²) in [7, 11) is 0. The number of amides is 3. The average Bonchev–Trinajstić information content (AvgIpc) is 3.66. The molecule has 1 aromatic heterocycles. The fourth-order valence-corrected chi connectivity index (χ4v) is 6.86. The maximum absolute atomic E-state index is 13.5. The molecule has 2 saturated heterocycles. The molecular formula is C33H48BrN7O4. The zero-order valence-corrected chi connectivity index (χ0v) is 28.4. The van der Waals surface area contributed by atoms with Crippen molar-refractivity contribution in [3.05, 3.63) is 54.0 Å². The van der Waals surface area contributed by atoms with Gasteiger partial charge in [-0.15, -0.1) is 6.58 Å². The third-order valence-corrected chi connectivity index (χ3v) is 9.67. The second-order valence-electron chi connectivity index (χ2n) is 13.4. The molecule has 4 atom stereocenters. The van der Waals surface area contributed by atoms with Crippen LogP contribution in [-0.4, -0.2) is 99.1 Å². The fourth-order valence-electron chi connectivity index (χ4n) is 6.29. The molecule has 3 heterocycles. The number of carbonyl (C=O) groups is 3. The first-order valence-electron chi connectivity index (χ1n) is 15.7. The van der Waals surface area contributed by atoms with Gasteiger partial charge in [-0.1, -0.05) is 26.8 Å². The Morgan fingerprint density at radius 2 is 1.98 bits per heavy atom. The first kappa shape index (κ1) is 34.6. The van der Waals surface area contributed by atoms with Crippen LogP contribution in [0.25, 0.3) is 5.69 Å². The molecule has 4 N–H and O–H groups in total. The van der Waals surface area contributed by atoms with Crippen molar-refractivity contribution in [3.8, 4) is 5.69 Å². The van der Waals surface area contributed by atoms with Crippen molar-refractivity contribution >= 4 is 39.3 Å². The van der Waals surface area contributed by atoms with Gasteiger partial charge in [0, 0.05) is 48.1 Å². The molecule has 0 bridgehead atoms. The summed E-state index contributed by atoms with van der Waals surface area (Å²) in [5.74, 6) is -0.738. The van der Waals surface area contributed by atoms with E-state index in [9.17, 15) is 19.5 Å². The van der Waals surface area contributed by atoms with E-state index >= 15 is 0 Å². The molecule has 2 aromatic rings. The highest BCUT2D eigenvalue weighted by Gasteiger charge is 2.44. The summed E-state index contributed by atoms with van der Waals surface area (Å²) in [6, 6.07) is 4.82. The predicted octanol–water partition coefficient (Wildman–Crippen LogP) is 3.10. The largest absolute Gasteiger partial charge is 0.391 e. The van der Waals surface area contributed by atoms with Crippen LogP contribution in [0, 0.1) is 11.3 Å². The smallest absolute Gasteiger partial charge is 0.246 e. The molecule has 2 aliphatic rings. The number of carbonyl (C=O) groups excluding carboxylic acids is 3. The van der Waals surface area contributed by atoms with Crippen molar-refractivity contribution in [3.63, 3.8) is 0 Å². The number of imidazole rings is 1. The Morgan fingerprint density at radius 1 is 1.27 bits per heavy atom. The van der Waals surface area contributed by atoms with Crippen LogP contribution < -0.4 is 16.0 Å². The first-order chi connectivity index (χ1) is 21.3. The van der Waals surface area contributed by atoms with Crippen molar-refractivity contribution in [1.29, 1.82) is 0 Å². The van der Waals surface area contributed by atoms with Crippen LogP contribution >= 0.6 is 15.9 Å². The van der Waals surface area contributed by atoms with Gasteiger partial charge in [0.1, 0.15) is 12.1 Å². The molecular weight excluding hydrogens is 638 g/mol. The summed E-state index contributed by atoms with van der Waals surface area (Å²) >= 11 is 3.73. The normalized spacial score (nSPS) is 20.9. The molecule has 12 heteroatoms. The third kappa shape index (κ3) is 8.74. The molecule has 45 heavy (non-hydrogen) atoms. The lowest BCUT2D eigenvalue weighted by molar-refractivity contribution is -0.143. The van der Waals surface area contributed by atoms with E-state index in [0.29, 0.717) is 5.92 Å². The van der Waals surface area contributed by atoms with Gasteiger partial charge < -0.3 is 30.5 Å². The summed E-state index contributed by atoms with van der Waals surface area (Å²) in [5.41, 5.74) is 7.06. The number of piperidine rings is 1. The fraction of sp³-hybridized carbons (Fsp3) is 0.576. The predicted molar refractivity (Wildman–Crippen MR) is 179 cm³/mol. The number of β-amino-alcohol motifs (C(OH)–C–C–N with tert-alkyl or cyclic N) is 1. The number of nitrogens with zero attached hydrogens (tertiary/aromatic N) is 5. The Morgan fingerprint density at radius 3 is 2.56 bits per heavy atom. The number of hydrogen-bond acceptors (Lipinski definition) is 7. The molecule has 0 radical (unpaired) electrons. The van der Waals surface area contributed by atoms with Crippen LogP contribution in [-0.2, 0) is 14.4 Å². The van der Waals surface area contributed by atoms with Crippen LogP contribution in [0.1, 0.15) is 53.4 Å². The van der Waals surface area contributed by atoms with Crippen molar-refractivity contribution in [2.45, 2.75) is 77.6 Å². The summed E-state index contributed by atoms with van der Waals surface area (Å²) in [5, 5.41) is 13.0. The van der Waals surface area contributed by atoms with Crippen LogP contribution in [0.3, 0.4) is 0 Å². The maximum Gasteiger partial charge on any atom is 0.246 e.